The lowest BCUT2D eigenvalue weighted by Gasteiger charge is -2.30. The molecule has 1 aromatic carbocycles. The molecule has 2 aliphatic rings. The zero-order valence-electron chi connectivity index (χ0n) is 19.7. The zero-order valence-corrected chi connectivity index (χ0v) is 21.3. The van der Waals surface area contributed by atoms with Crippen molar-refractivity contribution in [3.05, 3.63) is 46.8 Å². The Kier molecular flexibility index (Phi) is 8.06. The first kappa shape index (κ1) is 24.9. The maximum absolute atomic E-state index is 13.2. The first-order valence-electron chi connectivity index (χ1n) is 12.2. The largest absolute Gasteiger partial charge is 0.339 e. The fraction of sp³-hybridized carbons (Fsp3) is 0.520. The van der Waals surface area contributed by atoms with Crippen LogP contribution in [0.1, 0.15) is 61.4 Å². The van der Waals surface area contributed by atoms with Crippen molar-refractivity contribution in [3.63, 3.8) is 0 Å². The highest BCUT2D eigenvalue weighted by Crippen LogP contribution is 2.29. The number of sulfonamides is 1. The number of hydrogen-bond donors (Lipinski definition) is 1. The minimum absolute atomic E-state index is 0.0632. The first-order chi connectivity index (χ1) is 16.4. The zero-order chi connectivity index (χ0) is 24.1. The summed E-state index contributed by atoms with van der Waals surface area (Å²) in [6.45, 7) is 4.12. The Labute approximate surface area is 206 Å². The number of benzene rings is 1. The Morgan fingerprint density at radius 2 is 1.74 bits per heavy atom. The number of likely N-dealkylation sites (tertiary alicyclic amines) is 1. The summed E-state index contributed by atoms with van der Waals surface area (Å²) < 4.78 is 28.1. The van der Waals surface area contributed by atoms with Gasteiger partial charge >= 0.3 is 0 Å². The highest BCUT2D eigenvalue weighted by molar-refractivity contribution is 7.91. The van der Waals surface area contributed by atoms with Crippen LogP contribution in [-0.2, 0) is 21.2 Å². The molecule has 2 aliphatic heterocycles. The molecule has 0 spiro atoms. The number of rotatable bonds is 6. The van der Waals surface area contributed by atoms with Crippen LogP contribution in [0.4, 0.5) is 5.69 Å². The molecule has 0 atom stereocenters. The minimum Gasteiger partial charge on any atom is -0.339 e. The van der Waals surface area contributed by atoms with E-state index >= 15 is 0 Å². The van der Waals surface area contributed by atoms with Gasteiger partial charge in [0.1, 0.15) is 4.21 Å². The Balaban J connectivity index is 1.35. The van der Waals surface area contributed by atoms with E-state index in [4.69, 9.17) is 0 Å². The van der Waals surface area contributed by atoms with Gasteiger partial charge in [-0.05, 0) is 55.9 Å². The van der Waals surface area contributed by atoms with Crippen LogP contribution in [-0.4, -0.2) is 55.6 Å². The van der Waals surface area contributed by atoms with Crippen LogP contribution in [0.15, 0.2) is 39.9 Å². The van der Waals surface area contributed by atoms with Gasteiger partial charge in [-0.15, -0.1) is 11.3 Å². The van der Waals surface area contributed by atoms with Crippen LogP contribution in [0, 0.1) is 5.92 Å². The molecular weight excluding hydrogens is 470 g/mol. The lowest BCUT2D eigenvalue weighted by molar-refractivity contribution is -0.120. The van der Waals surface area contributed by atoms with Gasteiger partial charge in [0.15, 0.2) is 0 Å². The van der Waals surface area contributed by atoms with Crippen LogP contribution in [0.25, 0.3) is 0 Å². The summed E-state index contributed by atoms with van der Waals surface area (Å²) in [5.74, 6) is -0.367. The quantitative estimate of drug-likeness (QED) is 0.634. The van der Waals surface area contributed by atoms with E-state index in [1.807, 2.05) is 29.2 Å². The average molecular weight is 504 g/mol. The number of piperidine rings is 1. The van der Waals surface area contributed by atoms with E-state index in [1.165, 1.54) is 10.4 Å². The number of thiophene rings is 1. The first-order valence-corrected chi connectivity index (χ1v) is 14.5. The summed E-state index contributed by atoms with van der Waals surface area (Å²) in [6, 6.07) is 9.32. The topological polar surface area (TPSA) is 86.8 Å². The summed E-state index contributed by atoms with van der Waals surface area (Å²) >= 11 is 1.10. The van der Waals surface area contributed by atoms with Gasteiger partial charge in [-0.1, -0.05) is 31.9 Å². The van der Waals surface area contributed by atoms with Crippen LogP contribution in [0.2, 0.25) is 0 Å². The van der Waals surface area contributed by atoms with E-state index in [-0.39, 0.29) is 21.9 Å². The van der Waals surface area contributed by atoms with E-state index in [0.717, 1.165) is 67.8 Å². The summed E-state index contributed by atoms with van der Waals surface area (Å²) in [5.41, 5.74) is 2.39. The molecule has 4 rings (SSSR count). The van der Waals surface area contributed by atoms with Gasteiger partial charge in [-0.25, -0.2) is 8.42 Å². The number of amides is 2. The number of carbonyl (C=O) groups excluding carboxylic acids is 2. The fourth-order valence-electron chi connectivity index (χ4n) is 4.62. The van der Waals surface area contributed by atoms with E-state index in [0.29, 0.717) is 31.5 Å². The summed E-state index contributed by atoms with van der Waals surface area (Å²) in [7, 11) is -3.68. The van der Waals surface area contributed by atoms with Crippen molar-refractivity contribution < 1.29 is 18.0 Å². The predicted octanol–water partition coefficient (Wildman–Crippen LogP) is 4.37. The van der Waals surface area contributed by atoms with Crippen LogP contribution in [0.5, 0.6) is 0 Å². The molecule has 2 amide bonds. The van der Waals surface area contributed by atoms with Crippen molar-refractivity contribution in [2.45, 2.75) is 56.1 Å². The molecule has 34 heavy (non-hydrogen) atoms. The summed E-state index contributed by atoms with van der Waals surface area (Å²) in [4.78, 5) is 27.4. The summed E-state index contributed by atoms with van der Waals surface area (Å²) in [6.07, 6.45) is 6.10. The van der Waals surface area contributed by atoms with Crippen LogP contribution < -0.4 is 5.32 Å². The number of nitrogens with one attached hydrogen (secondary N) is 1. The molecule has 7 nitrogen and oxygen atoms in total. The lowest BCUT2D eigenvalue weighted by Crippen LogP contribution is -2.41. The third kappa shape index (κ3) is 5.70. The van der Waals surface area contributed by atoms with Gasteiger partial charge in [0, 0.05) is 43.2 Å². The Morgan fingerprint density at radius 1 is 1.03 bits per heavy atom. The SMILES string of the molecule is CCc1cccc(NC(=O)C2CCN(S(=O)(=O)c3cc(C(=O)N4CCCCCC4)cs3)CC2)c1. The molecule has 184 valence electrons. The normalized spacial score (nSPS) is 18.4. The van der Waals surface area contributed by atoms with Gasteiger partial charge in [0.05, 0.1) is 5.56 Å². The maximum atomic E-state index is 13.2. The standard InChI is InChI=1S/C25H33N3O4S2/c1-2-19-8-7-9-22(16-19)26-24(29)20-10-14-28(15-11-20)34(31,32)23-17-21(18-33-23)25(30)27-12-5-3-4-6-13-27/h7-9,16-18,20H,2-6,10-15H2,1H3,(H,26,29). The van der Waals surface area contributed by atoms with E-state index in [2.05, 4.69) is 12.2 Å². The number of carbonyl (C=O) groups is 2. The van der Waals surface area contributed by atoms with Crippen molar-refractivity contribution in [1.29, 1.82) is 0 Å². The molecule has 1 N–H and O–H groups in total. The summed E-state index contributed by atoms with van der Waals surface area (Å²) in [5, 5.41) is 4.63. The molecule has 0 bridgehead atoms. The van der Waals surface area contributed by atoms with Crippen molar-refractivity contribution in [2.24, 2.45) is 5.92 Å². The van der Waals surface area contributed by atoms with E-state index < -0.39 is 10.0 Å². The molecule has 0 radical (unpaired) electrons. The molecule has 0 saturated carbocycles. The van der Waals surface area contributed by atoms with Crippen molar-refractivity contribution in [2.75, 3.05) is 31.5 Å². The highest BCUT2D eigenvalue weighted by Gasteiger charge is 2.33. The second kappa shape index (κ2) is 11.0. The molecule has 9 heteroatoms. The number of anilines is 1. The third-order valence-corrected chi connectivity index (χ3v) is 10.1. The molecular formula is C25H33N3O4S2. The maximum Gasteiger partial charge on any atom is 0.254 e. The van der Waals surface area contributed by atoms with Gasteiger partial charge in [-0.3, -0.25) is 9.59 Å². The number of hydrogen-bond acceptors (Lipinski definition) is 5. The molecule has 0 aliphatic carbocycles. The third-order valence-electron chi connectivity index (χ3n) is 6.74. The van der Waals surface area contributed by atoms with Crippen molar-refractivity contribution >= 4 is 38.9 Å². The van der Waals surface area contributed by atoms with Crippen LogP contribution >= 0.6 is 11.3 Å². The molecule has 2 fully saturated rings. The second-order valence-corrected chi connectivity index (χ2v) is 12.2. The highest BCUT2D eigenvalue weighted by atomic mass is 32.2. The van der Waals surface area contributed by atoms with Crippen molar-refractivity contribution in [1.82, 2.24) is 9.21 Å². The Hall–Kier alpha value is -2.23. The van der Waals surface area contributed by atoms with Crippen molar-refractivity contribution in [3.8, 4) is 0 Å². The number of aryl methyl sites for hydroxylation is 1. The van der Waals surface area contributed by atoms with E-state index in [1.54, 1.807) is 5.38 Å². The minimum atomic E-state index is -3.68. The number of nitrogens with zero attached hydrogens (tertiary/aromatic N) is 2. The molecule has 1 aromatic heterocycles. The van der Waals surface area contributed by atoms with Gasteiger partial charge in [-0.2, -0.15) is 4.31 Å². The predicted molar refractivity (Wildman–Crippen MR) is 135 cm³/mol. The van der Waals surface area contributed by atoms with E-state index in [9.17, 15) is 18.0 Å². The molecule has 3 heterocycles. The van der Waals surface area contributed by atoms with Gasteiger partial charge < -0.3 is 10.2 Å². The van der Waals surface area contributed by atoms with Gasteiger partial charge in [0.2, 0.25) is 5.91 Å². The lowest BCUT2D eigenvalue weighted by atomic mass is 9.97. The van der Waals surface area contributed by atoms with Gasteiger partial charge in [0.25, 0.3) is 15.9 Å². The second-order valence-electron chi connectivity index (χ2n) is 9.08. The smallest absolute Gasteiger partial charge is 0.254 e. The van der Waals surface area contributed by atoms with Crippen LogP contribution in [0.3, 0.4) is 0 Å². The molecule has 0 unspecified atom stereocenters. The Bertz CT molecular complexity index is 1110. The molecule has 2 saturated heterocycles. The fourth-order valence-corrected chi connectivity index (χ4v) is 7.40. The monoisotopic (exact) mass is 503 g/mol. The average Bonchev–Trinajstić information content (AvgIpc) is 3.21. The Morgan fingerprint density at radius 3 is 2.41 bits per heavy atom. The molecule has 2 aromatic rings.